The van der Waals surface area contributed by atoms with Gasteiger partial charge in [-0.25, -0.2) is 9.37 Å². The molecule has 5 nitrogen and oxygen atoms in total. The van der Waals surface area contributed by atoms with Crippen LogP contribution >= 0.6 is 11.6 Å². The van der Waals surface area contributed by atoms with Gasteiger partial charge in [-0.2, -0.15) is 0 Å². The average molecular weight is 364 g/mol. The minimum absolute atomic E-state index is 0.0489. The lowest BCUT2D eigenvalue weighted by molar-refractivity contribution is 0.0627. The Kier molecular flexibility index (Phi) is 5.50. The second kappa shape index (κ2) is 7.80. The summed E-state index contributed by atoms with van der Waals surface area (Å²) >= 11 is 5.75. The molecule has 2 heterocycles. The maximum absolute atomic E-state index is 13.5. The van der Waals surface area contributed by atoms with E-state index in [2.05, 4.69) is 9.88 Å². The fourth-order valence-electron chi connectivity index (χ4n) is 2.91. The molecular weight excluding hydrogens is 345 g/mol. The van der Waals surface area contributed by atoms with Crippen LogP contribution in [0.3, 0.4) is 0 Å². The third kappa shape index (κ3) is 4.27. The van der Waals surface area contributed by atoms with Crippen molar-refractivity contribution in [3.05, 3.63) is 58.6 Å². The number of carbonyl (C=O) groups is 1. The molecule has 1 aliphatic rings. The average Bonchev–Trinajstić information content (AvgIpc) is 2.63. The highest BCUT2D eigenvalue weighted by molar-refractivity contribution is 6.29. The van der Waals surface area contributed by atoms with Crippen molar-refractivity contribution in [2.24, 2.45) is 0 Å². The molecule has 0 spiro atoms. The van der Waals surface area contributed by atoms with E-state index in [9.17, 15) is 9.18 Å². The van der Waals surface area contributed by atoms with E-state index in [1.54, 1.807) is 30.2 Å². The lowest BCUT2D eigenvalue weighted by Crippen LogP contribution is -2.48. The number of hydrogen-bond donors (Lipinski definition) is 0. The van der Waals surface area contributed by atoms with Crippen LogP contribution in [-0.2, 0) is 6.54 Å². The quantitative estimate of drug-likeness (QED) is 0.784. The first-order valence-electron chi connectivity index (χ1n) is 8.02. The number of rotatable bonds is 4. The first kappa shape index (κ1) is 17.6. The van der Waals surface area contributed by atoms with Gasteiger partial charge in [0.1, 0.15) is 16.7 Å². The van der Waals surface area contributed by atoms with E-state index < -0.39 is 0 Å². The number of halogens is 2. The molecule has 25 heavy (non-hydrogen) atoms. The molecule has 1 aliphatic heterocycles. The van der Waals surface area contributed by atoms with Gasteiger partial charge in [-0.3, -0.25) is 9.69 Å². The van der Waals surface area contributed by atoms with E-state index >= 15 is 0 Å². The normalized spacial score (nSPS) is 15.2. The van der Waals surface area contributed by atoms with Crippen LogP contribution in [0.25, 0.3) is 0 Å². The molecule has 0 bridgehead atoms. The van der Waals surface area contributed by atoms with E-state index in [-0.39, 0.29) is 11.7 Å². The molecule has 0 aliphatic carbocycles. The van der Waals surface area contributed by atoms with Crippen molar-refractivity contribution >= 4 is 17.5 Å². The van der Waals surface area contributed by atoms with Gasteiger partial charge in [0.25, 0.3) is 5.91 Å². The van der Waals surface area contributed by atoms with E-state index in [4.69, 9.17) is 16.3 Å². The van der Waals surface area contributed by atoms with E-state index in [1.165, 1.54) is 18.3 Å². The third-order valence-electron chi connectivity index (χ3n) is 4.27. The van der Waals surface area contributed by atoms with Gasteiger partial charge in [0.2, 0.25) is 0 Å². The van der Waals surface area contributed by atoms with E-state index in [0.717, 1.165) is 5.56 Å². The summed E-state index contributed by atoms with van der Waals surface area (Å²) in [6, 6.07) is 7.82. The molecule has 0 radical (unpaired) electrons. The number of amides is 1. The van der Waals surface area contributed by atoms with Crippen LogP contribution in [0, 0.1) is 5.82 Å². The van der Waals surface area contributed by atoms with Crippen molar-refractivity contribution in [3.8, 4) is 5.75 Å². The van der Waals surface area contributed by atoms with Gasteiger partial charge < -0.3 is 9.64 Å². The van der Waals surface area contributed by atoms with Crippen molar-refractivity contribution in [2.75, 3.05) is 33.3 Å². The van der Waals surface area contributed by atoms with E-state index in [0.29, 0.717) is 49.2 Å². The Balaban J connectivity index is 1.59. The number of ether oxygens (including phenoxy) is 1. The summed E-state index contributed by atoms with van der Waals surface area (Å²) < 4.78 is 18.8. The molecule has 1 saturated heterocycles. The minimum Gasteiger partial charge on any atom is -0.496 e. The number of benzene rings is 1. The first-order valence-corrected chi connectivity index (χ1v) is 8.40. The maximum Gasteiger partial charge on any atom is 0.255 e. The number of piperazine rings is 1. The third-order valence-corrected chi connectivity index (χ3v) is 4.49. The van der Waals surface area contributed by atoms with Crippen molar-refractivity contribution in [1.29, 1.82) is 0 Å². The second-order valence-corrected chi connectivity index (χ2v) is 6.28. The zero-order valence-electron chi connectivity index (χ0n) is 13.9. The summed E-state index contributed by atoms with van der Waals surface area (Å²) in [5.41, 5.74) is 1.34. The van der Waals surface area contributed by atoms with Crippen molar-refractivity contribution in [3.63, 3.8) is 0 Å². The molecule has 3 rings (SSSR count). The maximum atomic E-state index is 13.5. The smallest absolute Gasteiger partial charge is 0.255 e. The molecule has 0 unspecified atom stereocenters. The lowest BCUT2D eigenvalue weighted by Gasteiger charge is -2.35. The number of methoxy groups -OCH3 is 1. The summed E-state index contributed by atoms with van der Waals surface area (Å²) in [4.78, 5) is 20.4. The Bertz CT molecular complexity index is 746. The number of hydrogen-bond acceptors (Lipinski definition) is 4. The van der Waals surface area contributed by atoms with Gasteiger partial charge in [-0.1, -0.05) is 11.6 Å². The Hall–Kier alpha value is -2.18. The molecule has 1 aromatic heterocycles. The number of pyridine rings is 1. The fourth-order valence-corrected chi connectivity index (χ4v) is 3.02. The summed E-state index contributed by atoms with van der Waals surface area (Å²) in [6.45, 7) is 3.24. The van der Waals surface area contributed by atoms with Crippen molar-refractivity contribution in [1.82, 2.24) is 14.8 Å². The largest absolute Gasteiger partial charge is 0.496 e. The van der Waals surface area contributed by atoms with Crippen LogP contribution in [0.5, 0.6) is 5.75 Å². The van der Waals surface area contributed by atoms with Crippen LogP contribution in [-0.4, -0.2) is 54.0 Å². The Labute approximate surface area is 151 Å². The summed E-state index contributed by atoms with van der Waals surface area (Å²) in [5.74, 6) is 0.346. The predicted molar refractivity (Wildman–Crippen MR) is 93.4 cm³/mol. The second-order valence-electron chi connectivity index (χ2n) is 5.89. The Morgan fingerprint density at radius 1 is 1.24 bits per heavy atom. The molecule has 132 valence electrons. The number of carbonyl (C=O) groups excluding carboxylic acids is 1. The summed E-state index contributed by atoms with van der Waals surface area (Å²) in [7, 11) is 1.58. The van der Waals surface area contributed by atoms with Crippen LogP contribution < -0.4 is 4.74 Å². The molecule has 1 aromatic carbocycles. The molecule has 7 heteroatoms. The highest BCUT2D eigenvalue weighted by Gasteiger charge is 2.23. The zero-order valence-corrected chi connectivity index (χ0v) is 14.7. The molecule has 0 N–H and O–H groups in total. The highest BCUT2D eigenvalue weighted by Crippen LogP contribution is 2.22. The molecular formula is C18H19ClFN3O2. The lowest BCUT2D eigenvalue weighted by atomic mass is 10.1. The van der Waals surface area contributed by atoms with Crippen molar-refractivity contribution in [2.45, 2.75) is 6.54 Å². The van der Waals surface area contributed by atoms with Gasteiger partial charge in [0, 0.05) is 44.5 Å². The molecule has 2 aromatic rings. The van der Waals surface area contributed by atoms with Gasteiger partial charge in [0.15, 0.2) is 0 Å². The Morgan fingerprint density at radius 2 is 2.00 bits per heavy atom. The molecule has 1 fully saturated rings. The molecule has 0 saturated carbocycles. The zero-order chi connectivity index (χ0) is 17.8. The standard InChI is InChI=1S/C18H19ClFN3O2/c1-25-16-4-3-15(20)10-14(16)12-22-6-8-23(9-7-22)18(24)13-2-5-17(19)21-11-13/h2-5,10-11H,6-9,12H2,1H3. The SMILES string of the molecule is COc1ccc(F)cc1CN1CCN(C(=O)c2ccc(Cl)nc2)CC1. The fraction of sp³-hybridized carbons (Fsp3) is 0.333. The summed E-state index contributed by atoms with van der Waals surface area (Å²) in [6.07, 6.45) is 1.49. The van der Waals surface area contributed by atoms with Crippen molar-refractivity contribution < 1.29 is 13.9 Å². The van der Waals surface area contributed by atoms with Crippen LogP contribution in [0.15, 0.2) is 36.5 Å². The Morgan fingerprint density at radius 3 is 2.64 bits per heavy atom. The molecule has 0 atom stereocenters. The topological polar surface area (TPSA) is 45.7 Å². The summed E-state index contributed by atoms with van der Waals surface area (Å²) in [5, 5.41) is 0.366. The van der Waals surface area contributed by atoms with Crippen LogP contribution in [0.2, 0.25) is 5.15 Å². The highest BCUT2D eigenvalue weighted by atomic mass is 35.5. The minimum atomic E-state index is -0.278. The van der Waals surface area contributed by atoms with Crippen LogP contribution in [0.1, 0.15) is 15.9 Å². The number of aromatic nitrogens is 1. The van der Waals surface area contributed by atoms with Gasteiger partial charge in [-0.05, 0) is 30.3 Å². The van der Waals surface area contributed by atoms with Gasteiger partial charge >= 0.3 is 0 Å². The van der Waals surface area contributed by atoms with E-state index in [1.807, 2.05) is 0 Å². The van der Waals surface area contributed by atoms with Gasteiger partial charge in [-0.15, -0.1) is 0 Å². The number of nitrogens with zero attached hydrogens (tertiary/aromatic N) is 3. The molecule has 1 amide bonds. The predicted octanol–water partition coefficient (Wildman–Crippen LogP) is 2.84. The van der Waals surface area contributed by atoms with Gasteiger partial charge in [0.05, 0.1) is 12.7 Å². The van der Waals surface area contributed by atoms with Crippen LogP contribution in [0.4, 0.5) is 4.39 Å². The first-order chi connectivity index (χ1) is 12.1. The monoisotopic (exact) mass is 363 g/mol.